The Kier molecular flexibility index (Phi) is 9.33. The lowest BCUT2D eigenvalue weighted by molar-refractivity contribution is 0.000605. The molecule has 0 saturated heterocycles. The molecule has 4 aliphatic rings. The SMILES string of the molecule is C=S1(=O)NC(=O)c2ccc3c(c2)N(C[C@@H]2CC[C@H]2[C@@H]([C@@H](O)c2ccccc2)CCC[C@H](C)[C@H]1C)C[C@@]1(CCCc2cc(Cl)ccc21)CO3. The maximum Gasteiger partial charge on any atom is 0.262 e. The van der Waals surface area contributed by atoms with Gasteiger partial charge in [0.25, 0.3) is 5.91 Å². The molecule has 7 rings (SSSR count). The van der Waals surface area contributed by atoms with E-state index in [1.807, 2.05) is 55.5 Å². The van der Waals surface area contributed by atoms with Gasteiger partial charge in [-0.15, -0.1) is 0 Å². The Morgan fingerprint density at radius 1 is 1.04 bits per heavy atom. The van der Waals surface area contributed by atoms with Gasteiger partial charge >= 0.3 is 0 Å². The molecule has 2 aliphatic carbocycles. The molecule has 6 nitrogen and oxygen atoms in total. The number of hydrogen-bond donors (Lipinski definition) is 2. The first-order chi connectivity index (χ1) is 23.0. The van der Waals surface area contributed by atoms with Crippen LogP contribution < -0.4 is 14.4 Å². The zero-order valence-corrected chi connectivity index (χ0v) is 29.8. The van der Waals surface area contributed by atoms with E-state index in [9.17, 15) is 14.1 Å². The molecular weight excluding hydrogens is 640 g/mol. The van der Waals surface area contributed by atoms with Gasteiger partial charge in [0.1, 0.15) is 5.75 Å². The Labute approximate surface area is 291 Å². The molecule has 3 aromatic rings. The highest BCUT2D eigenvalue weighted by atomic mass is 35.5. The summed E-state index contributed by atoms with van der Waals surface area (Å²) in [6, 6.07) is 22.0. The molecular formula is C40H49ClN2O4S. The van der Waals surface area contributed by atoms with E-state index < -0.39 is 15.8 Å². The smallest absolute Gasteiger partial charge is 0.262 e. The van der Waals surface area contributed by atoms with Crippen molar-refractivity contribution < 1.29 is 18.8 Å². The predicted molar refractivity (Wildman–Crippen MR) is 197 cm³/mol. The van der Waals surface area contributed by atoms with Crippen molar-refractivity contribution >= 4 is 38.8 Å². The average Bonchev–Trinajstić information content (AvgIpc) is 3.21. The van der Waals surface area contributed by atoms with Crippen molar-refractivity contribution in [3.05, 3.63) is 94.0 Å². The van der Waals surface area contributed by atoms with E-state index in [4.69, 9.17) is 16.3 Å². The summed E-state index contributed by atoms with van der Waals surface area (Å²) < 4.78 is 23.4. The van der Waals surface area contributed by atoms with Crippen LogP contribution in [0.1, 0.15) is 91.9 Å². The normalized spacial score (nSPS) is 32.9. The summed E-state index contributed by atoms with van der Waals surface area (Å²) >= 11 is 6.47. The molecule has 1 fully saturated rings. The summed E-state index contributed by atoms with van der Waals surface area (Å²) in [7, 11) is -2.92. The van der Waals surface area contributed by atoms with Crippen LogP contribution in [0.5, 0.6) is 5.75 Å². The summed E-state index contributed by atoms with van der Waals surface area (Å²) in [6.07, 6.45) is 7.36. The highest BCUT2D eigenvalue weighted by molar-refractivity contribution is 7.99. The summed E-state index contributed by atoms with van der Waals surface area (Å²) in [5.41, 5.74) is 4.70. The first-order valence-electron chi connectivity index (χ1n) is 17.8. The molecule has 3 aromatic carbocycles. The van der Waals surface area contributed by atoms with Crippen molar-refractivity contribution in [1.82, 2.24) is 4.72 Å². The standard InChI is InChI=1S/C40H49ClN2O4S/c1-26-9-7-13-34(38(44)28-10-5-4-6-11-28)33-17-14-31(33)23-43-24-40(20-8-12-29-21-32(41)16-18-35(29)40)25-47-37-19-15-30(22-36(37)43)39(45)42-48(3,46)27(26)2/h4-6,10-11,15-16,18-19,21-22,26-27,31,33-34,38,44H,3,7-9,12-14,17,20,23-25H2,1-2H3,(H,42,45,46)/t26-,27+,31-,33+,34-,38-,40-,48?/m0/s1. The van der Waals surface area contributed by atoms with Crippen molar-refractivity contribution in [2.24, 2.45) is 23.7 Å². The zero-order valence-electron chi connectivity index (χ0n) is 28.2. The fourth-order valence-electron chi connectivity index (χ4n) is 9.02. The second kappa shape index (κ2) is 13.4. The number of nitrogens with one attached hydrogen (secondary N) is 1. The van der Waals surface area contributed by atoms with Crippen molar-refractivity contribution in [1.29, 1.82) is 0 Å². The summed E-state index contributed by atoms with van der Waals surface area (Å²) in [4.78, 5) is 16.2. The number of aryl methyl sites for hydroxylation is 1. The van der Waals surface area contributed by atoms with E-state index in [1.54, 1.807) is 6.07 Å². The number of benzene rings is 3. The van der Waals surface area contributed by atoms with Crippen LogP contribution in [0.2, 0.25) is 5.02 Å². The minimum absolute atomic E-state index is 0.0929. The zero-order chi connectivity index (χ0) is 33.6. The van der Waals surface area contributed by atoms with E-state index in [-0.39, 0.29) is 28.4 Å². The molecule has 2 heterocycles. The number of ether oxygens (including phenoxy) is 1. The van der Waals surface area contributed by atoms with Gasteiger partial charge in [0, 0.05) is 34.3 Å². The Morgan fingerprint density at radius 2 is 1.85 bits per heavy atom. The van der Waals surface area contributed by atoms with Gasteiger partial charge in [-0.3, -0.25) is 9.52 Å². The van der Waals surface area contributed by atoms with Crippen LogP contribution in [0.4, 0.5) is 5.69 Å². The summed E-state index contributed by atoms with van der Waals surface area (Å²) in [5, 5.41) is 12.4. The lowest BCUT2D eigenvalue weighted by Gasteiger charge is -2.48. The third-order valence-corrected chi connectivity index (χ3v) is 14.6. The molecule has 0 aromatic heterocycles. The van der Waals surface area contributed by atoms with Crippen LogP contribution in [0.25, 0.3) is 0 Å². The summed E-state index contributed by atoms with van der Waals surface area (Å²) in [5.74, 6) is 5.40. The number of carbonyl (C=O) groups is 1. The predicted octanol–water partition coefficient (Wildman–Crippen LogP) is 7.76. The largest absolute Gasteiger partial charge is 0.490 e. The maximum absolute atomic E-state index is 13.9. The molecule has 2 aliphatic heterocycles. The molecule has 2 N–H and O–H groups in total. The Morgan fingerprint density at radius 3 is 2.62 bits per heavy atom. The van der Waals surface area contributed by atoms with Crippen LogP contribution >= 0.6 is 11.6 Å². The van der Waals surface area contributed by atoms with E-state index >= 15 is 0 Å². The molecule has 1 amide bonds. The summed E-state index contributed by atoms with van der Waals surface area (Å²) in [6.45, 7) is 6.15. The number of nitrogens with zero attached hydrogens (tertiary/aromatic N) is 1. The van der Waals surface area contributed by atoms with E-state index in [1.165, 1.54) is 11.1 Å². The number of aliphatic hydroxyl groups excluding tert-OH is 1. The molecule has 2 bridgehead atoms. The number of amides is 1. The van der Waals surface area contributed by atoms with E-state index in [2.05, 4.69) is 34.5 Å². The minimum atomic E-state index is -2.92. The van der Waals surface area contributed by atoms with Crippen molar-refractivity contribution in [2.75, 3.05) is 24.6 Å². The van der Waals surface area contributed by atoms with Crippen molar-refractivity contribution in [3.63, 3.8) is 0 Å². The second-order valence-electron chi connectivity index (χ2n) is 15.1. The number of aliphatic hydroxyl groups is 1. The molecule has 1 spiro atoms. The Balaban J connectivity index is 1.30. The lowest BCUT2D eigenvalue weighted by atomic mass is 9.63. The number of carbonyl (C=O) groups excluding carboxylic acids is 1. The average molecular weight is 689 g/mol. The van der Waals surface area contributed by atoms with Gasteiger partial charge in [-0.25, -0.2) is 4.21 Å². The lowest BCUT2D eigenvalue weighted by Crippen LogP contribution is -2.49. The molecule has 1 unspecified atom stereocenters. The number of hydrogen-bond acceptors (Lipinski definition) is 5. The molecule has 1 saturated carbocycles. The van der Waals surface area contributed by atoms with Crippen LogP contribution in [-0.2, 0) is 21.5 Å². The van der Waals surface area contributed by atoms with Gasteiger partial charge < -0.3 is 14.7 Å². The van der Waals surface area contributed by atoms with Gasteiger partial charge in [0.15, 0.2) is 0 Å². The van der Waals surface area contributed by atoms with Crippen LogP contribution in [-0.4, -0.2) is 46.0 Å². The number of rotatable bonds is 2. The van der Waals surface area contributed by atoms with E-state index in [0.29, 0.717) is 24.0 Å². The molecule has 8 atom stereocenters. The minimum Gasteiger partial charge on any atom is -0.490 e. The fraction of sp³-hybridized carbons (Fsp3) is 0.500. The van der Waals surface area contributed by atoms with Gasteiger partial charge in [0.2, 0.25) is 0 Å². The van der Waals surface area contributed by atoms with Crippen molar-refractivity contribution in [2.45, 2.75) is 82.0 Å². The fourth-order valence-corrected chi connectivity index (χ4v) is 10.7. The van der Waals surface area contributed by atoms with Gasteiger partial charge in [-0.2, -0.15) is 0 Å². The Hall–Kier alpha value is -3.00. The second-order valence-corrected chi connectivity index (χ2v) is 17.9. The maximum atomic E-state index is 13.9. The van der Waals surface area contributed by atoms with Gasteiger partial charge in [-0.05, 0) is 128 Å². The topological polar surface area (TPSA) is 78.9 Å². The first-order valence-corrected chi connectivity index (χ1v) is 19.9. The Bertz CT molecular complexity index is 1760. The van der Waals surface area contributed by atoms with E-state index in [0.717, 1.165) is 86.5 Å². The molecule has 8 heteroatoms. The number of fused-ring (bicyclic) bond motifs is 4. The number of halogens is 1. The first kappa shape index (κ1) is 33.5. The monoisotopic (exact) mass is 688 g/mol. The molecule has 0 radical (unpaired) electrons. The van der Waals surface area contributed by atoms with Gasteiger partial charge in [-0.1, -0.05) is 61.3 Å². The highest BCUT2D eigenvalue weighted by Gasteiger charge is 2.45. The number of anilines is 1. The quantitative estimate of drug-likeness (QED) is 0.269. The molecule has 48 heavy (non-hydrogen) atoms. The molecule has 256 valence electrons. The third-order valence-electron chi connectivity index (χ3n) is 12.2. The third kappa shape index (κ3) is 6.38. The van der Waals surface area contributed by atoms with Crippen molar-refractivity contribution in [3.8, 4) is 5.75 Å². The van der Waals surface area contributed by atoms with Crippen LogP contribution in [0, 0.1) is 23.7 Å². The van der Waals surface area contributed by atoms with Crippen LogP contribution in [0.15, 0.2) is 66.7 Å². The van der Waals surface area contributed by atoms with Crippen LogP contribution in [0.3, 0.4) is 0 Å². The van der Waals surface area contributed by atoms with Gasteiger partial charge in [0.05, 0.1) is 28.1 Å². The highest BCUT2D eigenvalue weighted by Crippen LogP contribution is 2.50.